The summed E-state index contributed by atoms with van der Waals surface area (Å²) >= 11 is 0. The highest BCUT2D eigenvalue weighted by atomic mass is 16.5. The maximum atomic E-state index is 5.97. The van der Waals surface area contributed by atoms with E-state index < -0.39 is 0 Å². The van der Waals surface area contributed by atoms with E-state index in [-0.39, 0.29) is 6.10 Å². The Bertz CT molecular complexity index is 411. The number of ether oxygens (including phenoxy) is 1. The summed E-state index contributed by atoms with van der Waals surface area (Å²) in [6, 6.07) is 0.783. The molecule has 3 rings (SSSR count). The SMILES string of the molecule is CCc1nn(C)cc1C1OCCC1CNC1CC1. The molecular formula is C14H23N3O. The largest absolute Gasteiger partial charge is 0.373 e. The zero-order chi connectivity index (χ0) is 12.5. The van der Waals surface area contributed by atoms with Crippen LogP contribution in [-0.4, -0.2) is 29.0 Å². The van der Waals surface area contributed by atoms with Crippen molar-refractivity contribution in [2.75, 3.05) is 13.2 Å². The lowest BCUT2D eigenvalue weighted by Crippen LogP contribution is -2.26. The lowest BCUT2D eigenvalue weighted by molar-refractivity contribution is 0.0897. The molecule has 0 aromatic carbocycles. The van der Waals surface area contributed by atoms with Crippen LogP contribution in [0.15, 0.2) is 6.20 Å². The molecule has 18 heavy (non-hydrogen) atoms. The molecule has 2 unspecified atom stereocenters. The van der Waals surface area contributed by atoms with Gasteiger partial charge in [-0.05, 0) is 25.7 Å². The molecule has 1 saturated heterocycles. The molecule has 4 nitrogen and oxygen atoms in total. The van der Waals surface area contributed by atoms with Crippen molar-refractivity contribution in [3.63, 3.8) is 0 Å². The van der Waals surface area contributed by atoms with E-state index in [1.807, 2.05) is 11.7 Å². The lowest BCUT2D eigenvalue weighted by atomic mass is 9.95. The Morgan fingerprint density at radius 1 is 1.44 bits per heavy atom. The topological polar surface area (TPSA) is 39.1 Å². The first-order chi connectivity index (χ1) is 8.78. The van der Waals surface area contributed by atoms with Crippen molar-refractivity contribution in [1.82, 2.24) is 15.1 Å². The van der Waals surface area contributed by atoms with Crippen LogP contribution in [0.25, 0.3) is 0 Å². The third kappa shape index (κ3) is 2.45. The van der Waals surface area contributed by atoms with Gasteiger partial charge in [-0.25, -0.2) is 0 Å². The summed E-state index contributed by atoms with van der Waals surface area (Å²) in [5.74, 6) is 0.611. The molecule has 0 bridgehead atoms. The normalized spacial score (nSPS) is 27.9. The second kappa shape index (κ2) is 5.02. The number of nitrogens with one attached hydrogen (secondary N) is 1. The van der Waals surface area contributed by atoms with E-state index in [0.29, 0.717) is 5.92 Å². The Hall–Kier alpha value is -0.870. The molecule has 100 valence electrons. The number of hydrogen-bond acceptors (Lipinski definition) is 3. The molecule has 2 fully saturated rings. The van der Waals surface area contributed by atoms with E-state index >= 15 is 0 Å². The molecular weight excluding hydrogens is 226 g/mol. The highest BCUT2D eigenvalue weighted by molar-refractivity contribution is 5.22. The molecule has 0 amide bonds. The molecule has 2 atom stereocenters. The third-order valence-corrected chi connectivity index (χ3v) is 4.04. The maximum Gasteiger partial charge on any atom is 0.0899 e. The van der Waals surface area contributed by atoms with Gasteiger partial charge in [0.05, 0.1) is 11.8 Å². The fourth-order valence-electron chi connectivity index (χ4n) is 2.86. The molecule has 0 spiro atoms. The number of aryl methyl sites for hydroxylation is 2. The van der Waals surface area contributed by atoms with Gasteiger partial charge < -0.3 is 10.1 Å². The van der Waals surface area contributed by atoms with Crippen molar-refractivity contribution >= 4 is 0 Å². The minimum atomic E-state index is 0.250. The summed E-state index contributed by atoms with van der Waals surface area (Å²) in [6.45, 7) is 4.14. The standard InChI is InChI=1S/C14H23N3O/c1-3-13-12(9-17(2)16-13)14-10(6-7-18-14)8-15-11-4-5-11/h9-11,14-15H,3-8H2,1-2H3. The summed E-state index contributed by atoms with van der Waals surface area (Å²) in [5, 5.41) is 8.17. The number of hydrogen-bond donors (Lipinski definition) is 1. The average molecular weight is 249 g/mol. The number of nitrogens with zero attached hydrogens (tertiary/aromatic N) is 2. The number of aromatic nitrogens is 2. The first-order valence-electron chi connectivity index (χ1n) is 7.15. The lowest BCUT2D eigenvalue weighted by Gasteiger charge is -2.18. The quantitative estimate of drug-likeness (QED) is 0.865. The van der Waals surface area contributed by atoms with E-state index in [1.165, 1.54) is 30.5 Å². The zero-order valence-corrected chi connectivity index (χ0v) is 11.4. The Morgan fingerprint density at radius 2 is 2.28 bits per heavy atom. The maximum absolute atomic E-state index is 5.97. The van der Waals surface area contributed by atoms with E-state index in [0.717, 1.165) is 25.6 Å². The van der Waals surface area contributed by atoms with Gasteiger partial charge >= 0.3 is 0 Å². The molecule has 1 aliphatic carbocycles. The van der Waals surface area contributed by atoms with Crippen LogP contribution in [0, 0.1) is 5.92 Å². The van der Waals surface area contributed by atoms with Gasteiger partial charge in [0.1, 0.15) is 0 Å². The molecule has 1 saturated carbocycles. The predicted molar refractivity (Wildman–Crippen MR) is 70.4 cm³/mol. The summed E-state index contributed by atoms with van der Waals surface area (Å²) < 4.78 is 7.88. The van der Waals surface area contributed by atoms with Gasteiger partial charge in [0, 0.05) is 43.9 Å². The molecule has 2 heterocycles. The van der Waals surface area contributed by atoms with E-state index in [9.17, 15) is 0 Å². The smallest absolute Gasteiger partial charge is 0.0899 e. The Labute approximate surface area is 109 Å². The van der Waals surface area contributed by atoms with Gasteiger partial charge in [0.15, 0.2) is 0 Å². The fourth-order valence-corrected chi connectivity index (χ4v) is 2.86. The highest BCUT2D eigenvalue weighted by Gasteiger charge is 2.33. The second-order valence-electron chi connectivity index (χ2n) is 5.58. The molecule has 2 aliphatic rings. The zero-order valence-electron chi connectivity index (χ0n) is 11.4. The van der Waals surface area contributed by atoms with Crippen LogP contribution in [0.3, 0.4) is 0 Å². The number of rotatable bonds is 5. The first-order valence-corrected chi connectivity index (χ1v) is 7.15. The van der Waals surface area contributed by atoms with Gasteiger partial charge in [-0.3, -0.25) is 4.68 Å². The summed E-state index contributed by atoms with van der Waals surface area (Å²) in [5.41, 5.74) is 2.50. The van der Waals surface area contributed by atoms with Crippen LogP contribution in [-0.2, 0) is 18.2 Å². The van der Waals surface area contributed by atoms with E-state index in [2.05, 4.69) is 23.5 Å². The van der Waals surface area contributed by atoms with Crippen LogP contribution >= 0.6 is 0 Å². The van der Waals surface area contributed by atoms with Crippen molar-refractivity contribution in [2.45, 2.75) is 44.8 Å². The molecule has 1 aliphatic heterocycles. The molecule has 1 aromatic rings. The second-order valence-corrected chi connectivity index (χ2v) is 5.58. The van der Waals surface area contributed by atoms with E-state index in [4.69, 9.17) is 4.74 Å². The van der Waals surface area contributed by atoms with Crippen molar-refractivity contribution in [3.8, 4) is 0 Å². The molecule has 0 radical (unpaired) electrons. The molecule has 1 aromatic heterocycles. The van der Waals surface area contributed by atoms with Crippen molar-refractivity contribution in [2.24, 2.45) is 13.0 Å². The van der Waals surface area contributed by atoms with Gasteiger partial charge in [-0.2, -0.15) is 5.10 Å². The fraction of sp³-hybridized carbons (Fsp3) is 0.786. The molecule has 1 N–H and O–H groups in total. The van der Waals surface area contributed by atoms with Gasteiger partial charge in [-0.1, -0.05) is 6.92 Å². The Balaban J connectivity index is 1.71. The third-order valence-electron chi connectivity index (χ3n) is 4.04. The Morgan fingerprint density at radius 3 is 3.00 bits per heavy atom. The average Bonchev–Trinajstić information content (AvgIpc) is 2.95. The van der Waals surface area contributed by atoms with E-state index in [1.54, 1.807) is 0 Å². The Kier molecular flexibility index (Phi) is 3.39. The monoisotopic (exact) mass is 249 g/mol. The van der Waals surface area contributed by atoms with Crippen LogP contribution in [0.5, 0.6) is 0 Å². The van der Waals surface area contributed by atoms with Gasteiger partial charge in [-0.15, -0.1) is 0 Å². The first kappa shape index (κ1) is 12.2. The van der Waals surface area contributed by atoms with Crippen LogP contribution in [0.4, 0.5) is 0 Å². The van der Waals surface area contributed by atoms with Crippen LogP contribution in [0.1, 0.15) is 43.5 Å². The minimum Gasteiger partial charge on any atom is -0.373 e. The highest BCUT2D eigenvalue weighted by Crippen LogP contribution is 2.36. The van der Waals surface area contributed by atoms with Gasteiger partial charge in [0.2, 0.25) is 0 Å². The molecule has 4 heteroatoms. The van der Waals surface area contributed by atoms with Crippen molar-refractivity contribution in [1.29, 1.82) is 0 Å². The van der Waals surface area contributed by atoms with Crippen molar-refractivity contribution in [3.05, 3.63) is 17.5 Å². The van der Waals surface area contributed by atoms with Gasteiger partial charge in [0.25, 0.3) is 0 Å². The minimum absolute atomic E-state index is 0.250. The summed E-state index contributed by atoms with van der Waals surface area (Å²) in [6.07, 6.45) is 7.25. The van der Waals surface area contributed by atoms with Crippen molar-refractivity contribution < 1.29 is 4.74 Å². The van der Waals surface area contributed by atoms with Crippen LogP contribution < -0.4 is 5.32 Å². The summed E-state index contributed by atoms with van der Waals surface area (Å²) in [7, 11) is 2.00. The predicted octanol–water partition coefficient (Wildman–Crippen LogP) is 1.81. The summed E-state index contributed by atoms with van der Waals surface area (Å²) in [4.78, 5) is 0. The van der Waals surface area contributed by atoms with Crippen LogP contribution in [0.2, 0.25) is 0 Å².